The van der Waals surface area contributed by atoms with Crippen molar-refractivity contribution in [2.75, 3.05) is 0 Å². The highest BCUT2D eigenvalue weighted by molar-refractivity contribution is 14.1. The third-order valence-corrected chi connectivity index (χ3v) is 4.14. The van der Waals surface area contributed by atoms with E-state index in [0.717, 1.165) is 14.3 Å². The molecule has 0 aliphatic heterocycles. The van der Waals surface area contributed by atoms with Gasteiger partial charge in [-0.2, -0.15) is 5.10 Å². The number of benzene rings is 3. The molecule has 0 atom stereocenters. The molecule has 24 heavy (non-hydrogen) atoms. The predicted molar refractivity (Wildman–Crippen MR) is 101 cm³/mol. The fourth-order valence-corrected chi connectivity index (χ4v) is 2.77. The Morgan fingerprint density at radius 1 is 1.00 bits per heavy atom. The van der Waals surface area contributed by atoms with Crippen molar-refractivity contribution in [3.63, 3.8) is 0 Å². The molecule has 0 fully saturated rings. The van der Waals surface area contributed by atoms with E-state index in [1.807, 2.05) is 24.3 Å². The van der Waals surface area contributed by atoms with Crippen molar-refractivity contribution in [1.82, 2.24) is 5.43 Å². The Morgan fingerprint density at radius 2 is 1.71 bits per heavy atom. The highest BCUT2D eigenvalue weighted by atomic mass is 127. The molecule has 3 rings (SSSR count). The molecule has 0 bridgehead atoms. The minimum absolute atomic E-state index is 0.0713. The Morgan fingerprint density at radius 3 is 2.46 bits per heavy atom. The summed E-state index contributed by atoms with van der Waals surface area (Å²) in [5.74, 6) is -0.569. The second kappa shape index (κ2) is 6.88. The molecule has 0 heterocycles. The second-order valence-electron chi connectivity index (χ2n) is 5.12. The molecule has 0 unspecified atom stereocenters. The average molecular weight is 432 g/mol. The van der Waals surface area contributed by atoms with Gasteiger partial charge in [-0.1, -0.05) is 24.3 Å². The first-order valence-electron chi connectivity index (χ1n) is 7.08. The molecule has 6 heteroatoms. The van der Waals surface area contributed by atoms with Crippen molar-refractivity contribution < 1.29 is 15.0 Å². The van der Waals surface area contributed by atoms with Crippen molar-refractivity contribution in [2.45, 2.75) is 0 Å². The quantitative estimate of drug-likeness (QED) is 0.336. The lowest BCUT2D eigenvalue weighted by atomic mass is 10.1. The first-order chi connectivity index (χ1) is 11.5. The number of rotatable bonds is 3. The number of hydrogen-bond donors (Lipinski definition) is 3. The van der Waals surface area contributed by atoms with Crippen LogP contribution in [-0.2, 0) is 0 Å². The summed E-state index contributed by atoms with van der Waals surface area (Å²) in [5, 5.41) is 25.3. The topological polar surface area (TPSA) is 81.9 Å². The maximum atomic E-state index is 12.2. The summed E-state index contributed by atoms with van der Waals surface area (Å²) < 4.78 is 0.936. The van der Waals surface area contributed by atoms with Crippen molar-refractivity contribution >= 4 is 45.5 Å². The van der Waals surface area contributed by atoms with Crippen LogP contribution in [0.1, 0.15) is 15.9 Å². The van der Waals surface area contributed by atoms with Gasteiger partial charge in [-0.05, 0) is 63.7 Å². The predicted octanol–water partition coefficient (Wildman–Crippen LogP) is 3.62. The molecule has 0 aromatic heterocycles. The first kappa shape index (κ1) is 16.3. The minimum atomic E-state index is -0.528. The van der Waals surface area contributed by atoms with E-state index in [1.165, 1.54) is 6.21 Å². The van der Waals surface area contributed by atoms with Crippen molar-refractivity contribution in [2.24, 2.45) is 5.10 Å². The molecule has 120 valence electrons. The Hall–Kier alpha value is -2.61. The maximum Gasteiger partial charge on any atom is 0.275 e. The number of amides is 1. The van der Waals surface area contributed by atoms with Crippen molar-refractivity contribution in [3.05, 3.63) is 69.3 Å². The van der Waals surface area contributed by atoms with Gasteiger partial charge in [0.1, 0.15) is 11.5 Å². The van der Waals surface area contributed by atoms with Crippen LogP contribution < -0.4 is 5.43 Å². The van der Waals surface area contributed by atoms with E-state index < -0.39 is 5.91 Å². The molecule has 0 saturated heterocycles. The lowest BCUT2D eigenvalue weighted by Crippen LogP contribution is -2.17. The number of hydrazone groups is 1. The van der Waals surface area contributed by atoms with Crippen LogP contribution in [0.25, 0.3) is 10.8 Å². The Labute approximate surface area is 151 Å². The van der Waals surface area contributed by atoms with Gasteiger partial charge in [0.2, 0.25) is 0 Å². The fourth-order valence-electron chi connectivity index (χ4n) is 2.26. The van der Waals surface area contributed by atoms with Crippen LogP contribution in [0.15, 0.2) is 59.7 Å². The number of fused-ring (bicyclic) bond motifs is 1. The molecule has 0 aliphatic carbocycles. The number of nitrogens with one attached hydrogen (secondary N) is 1. The van der Waals surface area contributed by atoms with E-state index >= 15 is 0 Å². The first-order valence-corrected chi connectivity index (χ1v) is 8.16. The van der Waals surface area contributed by atoms with Crippen LogP contribution in [0.3, 0.4) is 0 Å². The van der Waals surface area contributed by atoms with E-state index in [-0.39, 0.29) is 17.1 Å². The van der Waals surface area contributed by atoms with Crippen LogP contribution in [0.5, 0.6) is 11.5 Å². The fraction of sp³-hybridized carbons (Fsp3) is 0. The van der Waals surface area contributed by atoms with Gasteiger partial charge in [0, 0.05) is 9.13 Å². The van der Waals surface area contributed by atoms with Crippen molar-refractivity contribution in [1.29, 1.82) is 0 Å². The molecular formula is C18H13IN2O3. The summed E-state index contributed by atoms with van der Waals surface area (Å²) in [4.78, 5) is 12.2. The van der Waals surface area contributed by atoms with Gasteiger partial charge in [-0.15, -0.1) is 0 Å². The SMILES string of the molecule is O=C(NN=Cc1cc(I)ccc1O)c1cc2ccccc2cc1O. The summed E-state index contributed by atoms with van der Waals surface area (Å²) in [5.41, 5.74) is 2.98. The zero-order valence-corrected chi connectivity index (χ0v) is 14.6. The smallest absolute Gasteiger partial charge is 0.275 e. The van der Waals surface area contributed by atoms with Gasteiger partial charge in [-0.25, -0.2) is 5.43 Å². The van der Waals surface area contributed by atoms with Gasteiger partial charge in [0.25, 0.3) is 5.91 Å². The molecule has 0 aliphatic rings. The molecule has 5 nitrogen and oxygen atoms in total. The Kier molecular flexibility index (Phi) is 4.66. The summed E-state index contributed by atoms with van der Waals surface area (Å²) in [7, 11) is 0. The molecule has 0 radical (unpaired) electrons. The zero-order chi connectivity index (χ0) is 17.1. The van der Waals surface area contributed by atoms with Crippen LogP contribution in [-0.4, -0.2) is 22.3 Å². The van der Waals surface area contributed by atoms with Crippen molar-refractivity contribution in [3.8, 4) is 11.5 Å². The number of nitrogens with zero attached hydrogens (tertiary/aromatic N) is 1. The number of hydrogen-bond acceptors (Lipinski definition) is 4. The largest absolute Gasteiger partial charge is 0.507 e. The standard InChI is InChI=1S/C18H13IN2O3/c19-14-5-6-16(22)13(7-14)10-20-21-18(24)15-8-11-3-1-2-4-12(11)9-17(15)23/h1-10,22-23H,(H,21,24). The Bertz CT molecular complexity index is 954. The van der Waals surface area contributed by atoms with Crippen LogP contribution in [0.4, 0.5) is 0 Å². The van der Waals surface area contributed by atoms with Gasteiger partial charge >= 0.3 is 0 Å². The normalized spacial score (nSPS) is 11.0. The average Bonchev–Trinajstić information content (AvgIpc) is 2.57. The number of carbonyl (C=O) groups is 1. The summed E-state index contributed by atoms with van der Waals surface area (Å²) in [6.45, 7) is 0. The molecule has 3 aromatic rings. The lowest BCUT2D eigenvalue weighted by molar-refractivity contribution is 0.0952. The molecule has 3 N–H and O–H groups in total. The van der Waals surface area contributed by atoms with Gasteiger partial charge < -0.3 is 10.2 Å². The number of aromatic hydroxyl groups is 2. The van der Waals surface area contributed by atoms with Crippen LogP contribution in [0, 0.1) is 3.57 Å². The number of carbonyl (C=O) groups excluding carboxylic acids is 1. The van der Waals surface area contributed by atoms with E-state index in [0.29, 0.717) is 5.56 Å². The summed E-state index contributed by atoms with van der Waals surface area (Å²) in [6.07, 6.45) is 1.35. The van der Waals surface area contributed by atoms with E-state index in [2.05, 4.69) is 33.1 Å². The second-order valence-corrected chi connectivity index (χ2v) is 6.36. The summed E-state index contributed by atoms with van der Waals surface area (Å²) in [6, 6.07) is 15.6. The molecular weight excluding hydrogens is 419 g/mol. The third kappa shape index (κ3) is 3.48. The summed E-state index contributed by atoms with van der Waals surface area (Å²) >= 11 is 2.12. The number of phenolic OH excluding ortho intramolecular Hbond substituents is 2. The number of phenols is 2. The zero-order valence-electron chi connectivity index (χ0n) is 12.4. The third-order valence-electron chi connectivity index (χ3n) is 3.47. The molecule has 0 saturated carbocycles. The number of halogens is 1. The molecule has 1 amide bonds. The van der Waals surface area contributed by atoms with E-state index in [1.54, 1.807) is 30.3 Å². The molecule has 3 aromatic carbocycles. The van der Waals surface area contributed by atoms with Crippen LogP contribution >= 0.6 is 22.6 Å². The lowest BCUT2D eigenvalue weighted by Gasteiger charge is -2.06. The monoisotopic (exact) mass is 432 g/mol. The van der Waals surface area contributed by atoms with E-state index in [4.69, 9.17) is 0 Å². The van der Waals surface area contributed by atoms with E-state index in [9.17, 15) is 15.0 Å². The Balaban J connectivity index is 1.81. The van der Waals surface area contributed by atoms with Gasteiger partial charge in [0.15, 0.2) is 0 Å². The highest BCUT2D eigenvalue weighted by Crippen LogP contribution is 2.25. The van der Waals surface area contributed by atoms with Crippen LogP contribution in [0.2, 0.25) is 0 Å². The van der Waals surface area contributed by atoms with Gasteiger partial charge in [-0.3, -0.25) is 4.79 Å². The highest BCUT2D eigenvalue weighted by Gasteiger charge is 2.11. The minimum Gasteiger partial charge on any atom is -0.507 e. The maximum absolute atomic E-state index is 12.2. The molecule has 0 spiro atoms. The van der Waals surface area contributed by atoms with Gasteiger partial charge in [0.05, 0.1) is 11.8 Å².